The van der Waals surface area contributed by atoms with Crippen LogP contribution in [0.4, 0.5) is 0 Å². The predicted octanol–water partition coefficient (Wildman–Crippen LogP) is -0.301. The third-order valence-electron chi connectivity index (χ3n) is 2.64. The van der Waals surface area contributed by atoms with Crippen molar-refractivity contribution in [3.63, 3.8) is 0 Å². The molecule has 0 saturated carbocycles. The molecule has 0 spiro atoms. The van der Waals surface area contributed by atoms with E-state index in [1.165, 1.54) is 0 Å². The average Bonchev–Trinajstić information content (AvgIpc) is 2.18. The molecule has 1 fully saturated rings. The van der Waals surface area contributed by atoms with E-state index in [1.54, 1.807) is 0 Å². The van der Waals surface area contributed by atoms with Gasteiger partial charge in [0.25, 0.3) is 0 Å². The van der Waals surface area contributed by atoms with Crippen molar-refractivity contribution < 1.29 is 4.79 Å². The number of piperidine rings is 1. The number of hydrogen-bond donors (Lipinski definition) is 2. The zero-order valence-corrected chi connectivity index (χ0v) is 8.54. The van der Waals surface area contributed by atoms with Gasteiger partial charge in [0, 0.05) is 19.6 Å². The third-order valence-corrected chi connectivity index (χ3v) is 2.64. The Hall–Kier alpha value is -0.870. The molecule has 4 N–H and O–H groups in total. The Morgan fingerprint density at radius 1 is 1.57 bits per heavy atom. The normalized spacial score (nSPS) is 23.4. The van der Waals surface area contributed by atoms with Crippen LogP contribution in [0.5, 0.6) is 0 Å². The zero-order chi connectivity index (χ0) is 10.6. The number of hydrogen-bond acceptors (Lipinski definition) is 3. The molecule has 0 aromatic carbocycles. The summed E-state index contributed by atoms with van der Waals surface area (Å²) in [7, 11) is 0. The maximum absolute atomic E-state index is 11.0. The monoisotopic (exact) mass is 197 g/mol. The van der Waals surface area contributed by atoms with Crippen molar-refractivity contribution in [3.05, 3.63) is 12.2 Å². The van der Waals surface area contributed by atoms with Crippen molar-refractivity contribution in [2.75, 3.05) is 26.2 Å². The molecule has 1 heterocycles. The number of amides is 1. The highest BCUT2D eigenvalue weighted by atomic mass is 16.1. The zero-order valence-electron chi connectivity index (χ0n) is 8.54. The van der Waals surface area contributed by atoms with E-state index in [0.29, 0.717) is 6.54 Å². The Labute approximate surface area is 84.9 Å². The van der Waals surface area contributed by atoms with Gasteiger partial charge in [-0.25, -0.2) is 0 Å². The predicted molar refractivity (Wildman–Crippen MR) is 56.6 cm³/mol. The van der Waals surface area contributed by atoms with Gasteiger partial charge in [-0.2, -0.15) is 0 Å². The van der Waals surface area contributed by atoms with Crippen molar-refractivity contribution in [3.8, 4) is 0 Å². The first-order chi connectivity index (χ1) is 6.63. The highest BCUT2D eigenvalue weighted by Crippen LogP contribution is 2.16. The van der Waals surface area contributed by atoms with Gasteiger partial charge in [0.2, 0.25) is 5.91 Å². The van der Waals surface area contributed by atoms with Gasteiger partial charge in [-0.15, -0.1) is 0 Å². The first-order valence-corrected chi connectivity index (χ1v) is 5.02. The second-order valence-electron chi connectivity index (χ2n) is 3.93. The molecule has 1 aliphatic heterocycles. The van der Waals surface area contributed by atoms with E-state index in [9.17, 15) is 4.79 Å². The number of rotatable bonds is 4. The summed E-state index contributed by atoms with van der Waals surface area (Å²) in [4.78, 5) is 13.2. The molecule has 0 aromatic heterocycles. The topological polar surface area (TPSA) is 72.3 Å². The number of likely N-dealkylation sites (tertiary alicyclic amines) is 1. The van der Waals surface area contributed by atoms with Gasteiger partial charge in [-0.05, 0) is 25.0 Å². The molecule has 0 aliphatic carbocycles. The summed E-state index contributed by atoms with van der Waals surface area (Å²) in [6.07, 6.45) is 1.95. The Balaban J connectivity index is 2.40. The molecule has 0 bridgehead atoms. The highest BCUT2D eigenvalue weighted by Gasteiger charge is 2.23. The van der Waals surface area contributed by atoms with Crippen LogP contribution in [0.3, 0.4) is 0 Å². The van der Waals surface area contributed by atoms with Gasteiger partial charge in [0.1, 0.15) is 0 Å². The Bertz CT molecular complexity index is 227. The second kappa shape index (κ2) is 5.12. The van der Waals surface area contributed by atoms with Crippen LogP contribution < -0.4 is 11.5 Å². The van der Waals surface area contributed by atoms with Gasteiger partial charge >= 0.3 is 0 Å². The molecule has 0 aromatic rings. The van der Waals surface area contributed by atoms with Crippen LogP contribution in [0.15, 0.2) is 12.2 Å². The summed E-state index contributed by atoms with van der Waals surface area (Å²) in [6.45, 7) is 6.93. The van der Waals surface area contributed by atoms with Crippen LogP contribution in [0.2, 0.25) is 0 Å². The lowest BCUT2D eigenvalue weighted by Crippen LogP contribution is -2.42. The smallest absolute Gasteiger partial charge is 0.221 e. The Morgan fingerprint density at radius 2 is 2.29 bits per heavy atom. The summed E-state index contributed by atoms with van der Waals surface area (Å²) in [5, 5.41) is 0. The highest BCUT2D eigenvalue weighted by molar-refractivity contribution is 5.76. The number of nitrogens with zero attached hydrogens (tertiary/aromatic N) is 1. The van der Waals surface area contributed by atoms with E-state index < -0.39 is 0 Å². The van der Waals surface area contributed by atoms with Crippen LogP contribution in [-0.4, -0.2) is 37.0 Å². The maximum atomic E-state index is 11.0. The fraction of sp³-hybridized carbons (Fsp3) is 0.700. The molecule has 0 radical (unpaired) electrons. The van der Waals surface area contributed by atoms with Crippen LogP contribution >= 0.6 is 0 Å². The van der Waals surface area contributed by atoms with Crippen molar-refractivity contribution in [2.24, 2.45) is 17.4 Å². The standard InChI is InChI=1S/C10H19N3O/c1-8(5-11)6-13-4-2-3-9(7-13)10(12)14/h9H,1-7,11H2,(H2,12,14). The minimum absolute atomic E-state index is 0.00863. The number of primary amides is 1. The lowest BCUT2D eigenvalue weighted by molar-refractivity contribution is -0.123. The fourth-order valence-electron chi connectivity index (χ4n) is 1.81. The van der Waals surface area contributed by atoms with Gasteiger partial charge in [0.05, 0.1) is 5.92 Å². The maximum Gasteiger partial charge on any atom is 0.221 e. The Morgan fingerprint density at radius 3 is 2.86 bits per heavy atom. The molecule has 1 saturated heterocycles. The van der Waals surface area contributed by atoms with Crippen molar-refractivity contribution in [1.82, 2.24) is 4.90 Å². The van der Waals surface area contributed by atoms with E-state index in [1.807, 2.05) is 0 Å². The first kappa shape index (κ1) is 11.2. The van der Waals surface area contributed by atoms with Crippen molar-refractivity contribution in [1.29, 1.82) is 0 Å². The number of nitrogens with two attached hydrogens (primary N) is 2. The lowest BCUT2D eigenvalue weighted by atomic mass is 9.97. The average molecular weight is 197 g/mol. The minimum atomic E-state index is -0.187. The molecule has 4 heteroatoms. The Kier molecular flexibility index (Phi) is 4.10. The molecule has 80 valence electrons. The molecule has 14 heavy (non-hydrogen) atoms. The minimum Gasteiger partial charge on any atom is -0.369 e. The van der Waals surface area contributed by atoms with Crippen LogP contribution in [0, 0.1) is 5.92 Å². The van der Waals surface area contributed by atoms with E-state index >= 15 is 0 Å². The summed E-state index contributed by atoms with van der Waals surface area (Å²) in [5.74, 6) is -0.178. The van der Waals surface area contributed by atoms with Crippen LogP contribution in [0.25, 0.3) is 0 Å². The molecular formula is C10H19N3O. The molecule has 1 aliphatic rings. The molecule has 1 rings (SSSR count). The molecular weight excluding hydrogens is 178 g/mol. The van der Waals surface area contributed by atoms with Crippen LogP contribution in [-0.2, 0) is 4.79 Å². The van der Waals surface area contributed by atoms with Crippen molar-refractivity contribution >= 4 is 5.91 Å². The summed E-state index contributed by atoms with van der Waals surface area (Å²) < 4.78 is 0. The van der Waals surface area contributed by atoms with E-state index in [-0.39, 0.29) is 11.8 Å². The van der Waals surface area contributed by atoms with Gasteiger partial charge in [0.15, 0.2) is 0 Å². The largest absolute Gasteiger partial charge is 0.369 e. The third kappa shape index (κ3) is 3.12. The van der Waals surface area contributed by atoms with Crippen molar-refractivity contribution in [2.45, 2.75) is 12.8 Å². The summed E-state index contributed by atoms with van der Waals surface area (Å²) in [5.41, 5.74) is 11.8. The molecule has 4 nitrogen and oxygen atoms in total. The summed E-state index contributed by atoms with van der Waals surface area (Å²) in [6, 6.07) is 0. The van der Waals surface area contributed by atoms with E-state index in [4.69, 9.17) is 11.5 Å². The SMILES string of the molecule is C=C(CN)CN1CCCC(C(N)=O)C1. The number of carbonyl (C=O) groups is 1. The van der Waals surface area contributed by atoms with Gasteiger partial charge in [-0.1, -0.05) is 6.58 Å². The molecule has 1 unspecified atom stereocenters. The quantitative estimate of drug-likeness (QED) is 0.608. The van der Waals surface area contributed by atoms with E-state index in [0.717, 1.165) is 38.0 Å². The van der Waals surface area contributed by atoms with Crippen LogP contribution in [0.1, 0.15) is 12.8 Å². The van der Waals surface area contributed by atoms with E-state index in [2.05, 4.69) is 11.5 Å². The first-order valence-electron chi connectivity index (χ1n) is 5.02. The van der Waals surface area contributed by atoms with Gasteiger partial charge in [-0.3, -0.25) is 9.69 Å². The molecule has 1 atom stereocenters. The lowest BCUT2D eigenvalue weighted by Gasteiger charge is -2.31. The molecule has 1 amide bonds. The second-order valence-corrected chi connectivity index (χ2v) is 3.93. The number of carbonyl (C=O) groups excluding carboxylic acids is 1. The fourth-order valence-corrected chi connectivity index (χ4v) is 1.81. The summed E-state index contributed by atoms with van der Waals surface area (Å²) >= 11 is 0. The van der Waals surface area contributed by atoms with Gasteiger partial charge < -0.3 is 11.5 Å².